The fraction of sp³-hybridized carbons (Fsp3) is 0.467. The average Bonchev–Trinajstić information content (AvgIpc) is 2.47. The second-order valence-electron chi connectivity index (χ2n) is 5.28. The van der Waals surface area contributed by atoms with E-state index in [1.165, 1.54) is 12.8 Å². The molecule has 3 heterocycles. The minimum absolute atomic E-state index is 0.207. The molecule has 5 nitrogen and oxygen atoms in total. The summed E-state index contributed by atoms with van der Waals surface area (Å²) in [6, 6.07) is 2.22. The number of hydrogen-bond donors (Lipinski definition) is 0. The molecule has 1 atom stereocenters. The first kappa shape index (κ1) is 13.0. The monoisotopic (exact) mass is 269 g/mol. The van der Waals surface area contributed by atoms with Crippen LogP contribution in [0, 0.1) is 13.8 Å². The van der Waals surface area contributed by atoms with Crippen LogP contribution >= 0.6 is 0 Å². The predicted molar refractivity (Wildman–Crippen MR) is 77.5 cm³/mol. The van der Waals surface area contributed by atoms with Crippen LogP contribution in [0.3, 0.4) is 0 Å². The van der Waals surface area contributed by atoms with Crippen molar-refractivity contribution in [2.75, 3.05) is 11.4 Å². The van der Waals surface area contributed by atoms with Crippen LogP contribution in [0.1, 0.15) is 42.5 Å². The van der Waals surface area contributed by atoms with Gasteiger partial charge in [0, 0.05) is 30.3 Å². The van der Waals surface area contributed by atoms with E-state index in [-0.39, 0.29) is 6.04 Å². The highest BCUT2D eigenvalue weighted by atomic mass is 15.2. The van der Waals surface area contributed by atoms with E-state index in [2.05, 4.69) is 24.8 Å². The Morgan fingerprint density at radius 1 is 1.10 bits per heavy atom. The molecule has 1 fully saturated rings. The van der Waals surface area contributed by atoms with Gasteiger partial charge in [-0.3, -0.25) is 4.98 Å². The molecular weight excluding hydrogens is 250 g/mol. The molecule has 20 heavy (non-hydrogen) atoms. The molecule has 1 saturated heterocycles. The minimum atomic E-state index is 0.207. The topological polar surface area (TPSA) is 54.8 Å². The number of rotatable bonds is 2. The Balaban J connectivity index is 1.96. The van der Waals surface area contributed by atoms with Crippen LogP contribution in [0.25, 0.3) is 0 Å². The lowest BCUT2D eigenvalue weighted by Gasteiger charge is -2.35. The molecular formula is C15H19N5. The summed E-state index contributed by atoms with van der Waals surface area (Å²) < 4.78 is 0. The predicted octanol–water partition coefficient (Wildman–Crippen LogP) is 2.62. The van der Waals surface area contributed by atoms with Crippen molar-refractivity contribution in [2.45, 2.75) is 39.2 Å². The van der Waals surface area contributed by atoms with Gasteiger partial charge in [-0.25, -0.2) is 15.0 Å². The smallest absolute Gasteiger partial charge is 0.151 e. The van der Waals surface area contributed by atoms with Gasteiger partial charge >= 0.3 is 0 Å². The van der Waals surface area contributed by atoms with Crippen LogP contribution < -0.4 is 4.90 Å². The van der Waals surface area contributed by atoms with Crippen LogP contribution in [0.5, 0.6) is 0 Å². The summed E-state index contributed by atoms with van der Waals surface area (Å²) in [6.07, 6.45) is 8.72. The number of aryl methyl sites for hydroxylation is 2. The van der Waals surface area contributed by atoms with Crippen molar-refractivity contribution < 1.29 is 0 Å². The van der Waals surface area contributed by atoms with Crippen molar-refractivity contribution in [3.63, 3.8) is 0 Å². The van der Waals surface area contributed by atoms with Crippen molar-refractivity contribution in [1.29, 1.82) is 0 Å². The van der Waals surface area contributed by atoms with Gasteiger partial charge in [-0.1, -0.05) is 0 Å². The van der Waals surface area contributed by atoms with Gasteiger partial charge in [0.05, 0.1) is 12.2 Å². The van der Waals surface area contributed by atoms with E-state index in [1.54, 1.807) is 12.4 Å². The normalized spacial score (nSPS) is 19.1. The maximum Gasteiger partial charge on any atom is 0.151 e. The van der Waals surface area contributed by atoms with Gasteiger partial charge in [-0.2, -0.15) is 0 Å². The largest absolute Gasteiger partial charge is 0.345 e. The Kier molecular flexibility index (Phi) is 3.58. The third-order valence-electron chi connectivity index (χ3n) is 3.64. The Labute approximate surface area is 119 Å². The van der Waals surface area contributed by atoms with Crippen LogP contribution in [-0.4, -0.2) is 26.5 Å². The van der Waals surface area contributed by atoms with E-state index in [0.29, 0.717) is 0 Å². The highest BCUT2D eigenvalue weighted by Crippen LogP contribution is 2.32. The first-order valence-electron chi connectivity index (χ1n) is 7.09. The molecule has 1 aliphatic heterocycles. The molecule has 2 aromatic rings. The number of piperidine rings is 1. The summed E-state index contributed by atoms with van der Waals surface area (Å²) in [5, 5.41) is 0. The Hall–Kier alpha value is -2.04. The molecule has 0 amide bonds. The maximum atomic E-state index is 4.63. The number of hydrogen-bond acceptors (Lipinski definition) is 5. The molecule has 0 N–H and O–H groups in total. The SMILES string of the molecule is Cc1cc(C)nc(C2CCCCN2c2cnccn2)n1. The van der Waals surface area contributed by atoms with E-state index in [4.69, 9.17) is 0 Å². The first-order chi connectivity index (χ1) is 9.74. The number of anilines is 1. The van der Waals surface area contributed by atoms with Gasteiger partial charge < -0.3 is 4.90 Å². The fourth-order valence-electron chi connectivity index (χ4n) is 2.82. The second kappa shape index (κ2) is 5.53. The Bertz CT molecular complexity index is 564. The van der Waals surface area contributed by atoms with E-state index >= 15 is 0 Å². The van der Waals surface area contributed by atoms with E-state index < -0.39 is 0 Å². The van der Waals surface area contributed by atoms with E-state index in [0.717, 1.165) is 36.0 Å². The van der Waals surface area contributed by atoms with Gasteiger partial charge in [0.25, 0.3) is 0 Å². The lowest BCUT2D eigenvalue weighted by atomic mass is 10.0. The van der Waals surface area contributed by atoms with Gasteiger partial charge in [-0.05, 0) is 39.2 Å². The zero-order valence-corrected chi connectivity index (χ0v) is 12.0. The van der Waals surface area contributed by atoms with Gasteiger partial charge in [0.1, 0.15) is 5.82 Å². The Morgan fingerprint density at radius 3 is 2.60 bits per heavy atom. The van der Waals surface area contributed by atoms with Crippen LogP contribution in [0.2, 0.25) is 0 Å². The molecule has 1 aliphatic rings. The third-order valence-corrected chi connectivity index (χ3v) is 3.64. The average molecular weight is 269 g/mol. The summed E-state index contributed by atoms with van der Waals surface area (Å²) in [5.41, 5.74) is 2.05. The second-order valence-corrected chi connectivity index (χ2v) is 5.28. The van der Waals surface area contributed by atoms with E-state index in [9.17, 15) is 0 Å². The molecule has 104 valence electrons. The molecule has 2 aromatic heterocycles. The number of nitrogens with zero attached hydrogens (tertiary/aromatic N) is 5. The van der Waals surface area contributed by atoms with Crippen molar-refractivity contribution in [3.05, 3.63) is 41.9 Å². The summed E-state index contributed by atoms with van der Waals surface area (Å²) >= 11 is 0. The quantitative estimate of drug-likeness (QED) is 0.838. The fourth-order valence-corrected chi connectivity index (χ4v) is 2.82. The lowest BCUT2D eigenvalue weighted by molar-refractivity contribution is 0.451. The van der Waals surface area contributed by atoms with Crippen LogP contribution in [0.15, 0.2) is 24.7 Å². The number of aromatic nitrogens is 4. The van der Waals surface area contributed by atoms with Crippen molar-refractivity contribution in [2.24, 2.45) is 0 Å². The van der Waals surface area contributed by atoms with Crippen LogP contribution in [-0.2, 0) is 0 Å². The summed E-state index contributed by atoms with van der Waals surface area (Å²) in [4.78, 5) is 20.2. The summed E-state index contributed by atoms with van der Waals surface area (Å²) in [7, 11) is 0. The Morgan fingerprint density at radius 2 is 1.90 bits per heavy atom. The van der Waals surface area contributed by atoms with E-state index in [1.807, 2.05) is 26.1 Å². The molecule has 1 unspecified atom stereocenters. The first-order valence-corrected chi connectivity index (χ1v) is 7.09. The third kappa shape index (κ3) is 2.61. The molecule has 0 radical (unpaired) electrons. The van der Waals surface area contributed by atoms with Crippen molar-refractivity contribution >= 4 is 5.82 Å². The molecule has 0 bridgehead atoms. The molecule has 0 spiro atoms. The lowest BCUT2D eigenvalue weighted by Crippen LogP contribution is -2.35. The molecule has 5 heteroatoms. The highest BCUT2D eigenvalue weighted by Gasteiger charge is 2.27. The zero-order chi connectivity index (χ0) is 13.9. The zero-order valence-electron chi connectivity index (χ0n) is 12.0. The van der Waals surface area contributed by atoms with Gasteiger partial charge in [-0.15, -0.1) is 0 Å². The highest BCUT2D eigenvalue weighted by molar-refractivity contribution is 5.38. The van der Waals surface area contributed by atoms with Gasteiger partial charge in [0.2, 0.25) is 0 Å². The maximum absolute atomic E-state index is 4.63. The van der Waals surface area contributed by atoms with Gasteiger partial charge in [0.15, 0.2) is 5.82 Å². The minimum Gasteiger partial charge on any atom is -0.345 e. The van der Waals surface area contributed by atoms with Crippen molar-refractivity contribution in [1.82, 2.24) is 19.9 Å². The summed E-state index contributed by atoms with van der Waals surface area (Å²) in [5.74, 6) is 1.83. The molecule has 0 aromatic carbocycles. The summed E-state index contributed by atoms with van der Waals surface area (Å²) in [6.45, 7) is 5.03. The van der Waals surface area contributed by atoms with Crippen LogP contribution in [0.4, 0.5) is 5.82 Å². The standard InChI is InChI=1S/C15H19N5/c1-11-9-12(2)19-15(18-11)13-5-3-4-8-20(13)14-10-16-6-7-17-14/h6-7,9-10,13H,3-5,8H2,1-2H3. The molecule has 0 saturated carbocycles. The van der Waals surface area contributed by atoms with Crippen molar-refractivity contribution in [3.8, 4) is 0 Å². The molecule has 3 rings (SSSR count). The molecule has 0 aliphatic carbocycles.